The fraction of sp³-hybridized carbons (Fsp3) is 0.174. The largest absolute Gasteiger partial charge is 0.351 e. The average Bonchev–Trinajstić information content (AvgIpc) is 2.74. The molecular formula is C23H23ClN2O3S. The number of halogens is 1. The smallest absolute Gasteiger partial charge is 0.263 e. The summed E-state index contributed by atoms with van der Waals surface area (Å²) < 4.78 is 28.3. The van der Waals surface area contributed by atoms with Crippen molar-refractivity contribution < 1.29 is 13.2 Å². The molecule has 0 unspecified atom stereocenters. The third-order valence-corrected chi connectivity index (χ3v) is 6.66. The number of carbonyl (C=O) groups excluding carboxylic acids is 1. The van der Waals surface area contributed by atoms with Crippen LogP contribution in [-0.4, -0.2) is 20.9 Å². The molecule has 30 heavy (non-hydrogen) atoms. The van der Waals surface area contributed by atoms with E-state index in [4.69, 9.17) is 11.6 Å². The number of aryl methyl sites for hydroxylation is 1. The van der Waals surface area contributed by atoms with Gasteiger partial charge in [-0.1, -0.05) is 67.1 Å². The Hall–Kier alpha value is -2.83. The van der Waals surface area contributed by atoms with Crippen molar-refractivity contribution in [2.75, 3.05) is 11.3 Å². The predicted octanol–water partition coefficient (Wildman–Crippen LogP) is 4.98. The van der Waals surface area contributed by atoms with E-state index in [-0.39, 0.29) is 27.3 Å². The second kappa shape index (κ2) is 9.32. The minimum atomic E-state index is -3.96. The van der Waals surface area contributed by atoms with Crippen molar-refractivity contribution >= 4 is 33.2 Å². The van der Waals surface area contributed by atoms with Gasteiger partial charge in [0.25, 0.3) is 15.9 Å². The summed E-state index contributed by atoms with van der Waals surface area (Å²) in [7, 11) is -3.96. The van der Waals surface area contributed by atoms with Crippen LogP contribution in [-0.2, 0) is 10.0 Å². The number of rotatable bonds is 7. The number of sulfonamides is 1. The molecule has 1 atom stereocenters. The number of benzene rings is 3. The highest BCUT2D eigenvalue weighted by Crippen LogP contribution is 2.26. The van der Waals surface area contributed by atoms with Crippen LogP contribution in [0.1, 0.15) is 34.3 Å². The van der Waals surface area contributed by atoms with Crippen LogP contribution in [0.5, 0.6) is 0 Å². The molecule has 3 aromatic rings. The van der Waals surface area contributed by atoms with Crippen molar-refractivity contribution in [2.45, 2.75) is 24.7 Å². The highest BCUT2D eigenvalue weighted by Gasteiger charge is 2.21. The van der Waals surface area contributed by atoms with E-state index in [1.165, 1.54) is 18.2 Å². The molecule has 3 rings (SSSR count). The van der Waals surface area contributed by atoms with Gasteiger partial charge in [0.15, 0.2) is 0 Å². The molecule has 0 saturated heterocycles. The first-order valence-corrected chi connectivity index (χ1v) is 11.3. The lowest BCUT2D eigenvalue weighted by Crippen LogP contribution is -2.27. The van der Waals surface area contributed by atoms with Gasteiger partial charge >= 0.3 is 0 Å². The number of amides is 1. The molecule has 0 bridgehead atoms. The normalized spacial score (nSPS) is 12.2. The summed E-state index contributed by atoms with van der Waals surface area (Å²) in [6.45, 7) is 4.24. The van der Waals surface area contributed by atoms with Gasteiger partial charge in [0, 0.05) is 12.1 Å². The van der Waals surface area contributed by atoms with E-state index in [2.05, 4.69) is 10.0 Å². The summed E-state index contributed by atoms with van der Waals surface area (Å²) in [5.74, 6) is -0.241. The lowest BCUT2D eigenvalue weighted by atomic mass is 10.0. The Morgan fingerprint density at radius 3 is 2.37 bits per heavy atom. The molecule has 2 N–H and O–H groups in total. The number of anilines is 1. The summed E-state index contributed by atoms with van der Waals surface area (Å²) >= 11 is 6.15. The molecular weight excluding hydrogens is 420 g/mol. The van der Waals surface area contributed by atoms with E-state index in [1.807, 2.05) is 43.3 Å². The minimum Gasteiger partial charge on any atom is -0.351 e. The molecule has 5 nitrogen and oxygen atoms in total. The van der Waals surface area contributed by atoms with Gasteiger partial charge < -0.3 is 5.32 Å². The van der Waals surface area contributed by atoms with Gasteiger partial charge in [-0.2, -0.15) is 0 Å². The van der Waals surface area contributed by atoms with Crippen LogP contribution in [0.4, 0.5) is 5.69 Å². The van der Waals surface area contributed by atoms with Crippen molar-refractivity contribution in [3.63, 3.8) is 0 Å². The number of hydrogen-bond acceptors (Lipinski definition) is 3. The van der Waals surface area contributed by atoms with E-state index >= 15 is 0 Å². The van der Waals surface area contributed by atoms with Crippen molar-refractivity contribution in [1.82, 2.24) is 5.32 Å². The second-order valence-corrected chi connectivity index (χ2v) is 9.15. The molecule has 0 heterocycles. The van der Waals surface area contributed by atoms with E-state index in [1.54, 1.807) is 25.1 Å². The fourth-order valence-corrected chi connectivity index (χ4v) is 4.64. The number of para-hydroxylation sites is 1. The van der Waals surface area contributed by atoms with Crippen LogP contribution in [0.3, 0.4) is 0 Å². The molecule has 3 aromatic carbocycles. The molecule has 0 spiro atoms. The van der Waals surface area contributed by atoms with Crippen molar-refractivity contribution in [1.29, 1.82) is 0 Å². The first-order valence-electron chi connectivity index (χ1n) is 9.49. The van der Waals surface area contributed by atoms with Gasteiger partial charge in [-0.25, -0.2) is 8.42 Å². The SMILES string of the molecule is Cc1ccccc1NS(=O)(=O)c1cc(C(=O)NC[C@@H](C)c2ccccc2)ccc1Cl. The van der Waals surface area contributed by atoms with E-state index < -0.39 is 10.0 Å². The zero-order valence-corrected chi connectivity index (χ0v) is 18.3. The Morgan fingerprint density at radius 1 is 1.00 bits per heavy atom. The highest BCUT2D eigenvalue weighted by atomic mass is 35.5. The Labute approximate surface area is 182 Å². The maximum atomic E-state index is 12.9. The van der Waals surface area contributed by atoms with Crippen LogP contribution in [0.15, 0.2) is 77.7 Å². The number of hydrogen-bond donors (Lipinski definition) is 2. The highest BCUT2D eigenvalue weighted by molar-refractivity contribution is 7.92. The van der Waals surface area contributed by atoms with Gasteiger partial charge in [-0.05, 0) is 48.2 Å². The Balaban J connectivity index is 1.77. The van der Waals surface area contributed by atoms with Gasteiger partial charge in [0.05, 0.1) is 10.7 Å². The molecule has 0 saturated carbocycles. The topological polar surface area (TPSA) is 75.3 Å². The van der Waals surface area contributed by atoms with Gasteiger partial charge in [0.1, 0.15) is 4.90 Å². The maximum absolute atomic E-state index is 12.9. The third-order valence-electron chi connectivity index (χ3n) is 4.81. The number of carbonyl (C=O) groups is 1. The zero-order chi connectivity index (χ0) is 21.7. The summed E-state index contributed by atoms with van der Waals surface area (Å²) in [4.78, 5) is 12.5. The average molecular weight is 443 g/mol. The maximum Gasteiger partial charge on any atom is 0.263 e. The molecule has 156 valence electrons. The lowest BCUT2D eigenvalue weighted by Gasteiger charge is -2.15. The molecule has 0 aromatic heterocycles. The molecule has 7 heteroatoms. The molecule has 0 radical (unpaired) electrons. The summed E-state index contributed by atoms with van der Waals surface area (Å²) in [5.41, 5.74) is 2.57. The second-order valence-electron chi connectivity index (χ2n) is 7.09. The molecule has 0 fully saturated rings. The Bertz CT molecular complexity index is 1150. The van der Waals surface area contributed by atoms with Crippen LogP contribution >= 0.6 is 11.6 Å². The van der Waals surface area contributed by atoms with E-state index in [0.717, 1.165) is 11.1 Å². The van der Waals surface area contributed by atoms with Crippen molar-refractivity contribution in [2.24, 2.45) is 0 Å². The Kier molecular flexibility index (Phi) is 6.80. The summed E-state index contributed by atoms with van der Waals surface area (Å²) in [6.07, 6.45) is 0. The van der Waals surface area contributed by atoms with Crippen LogP contribution in [0, 0.1) is 6.92 Å². The molecule has 0 aliphatic heterocycles. The minimum absolute atomic E-state index is 0.0466. The first kappa shape index (κ1) is 21.9. The van der Waals surface area contributed by atoms with E-state index in [0.29, 0.717) is 12.2 Å². The third kappa shape index (κ3) is 5.20. The standard InChI is InChI=1S/C23H23ClN2O3S/c1-16-8-6-7-11-21(16)26-30(28,29)22-14-19(12-13-20(22)24)23(27)25-15-17(2)18-9-4-3-5-10-18/h3-14,17,26H,15H2,1-2H3,(H,25,27)/t17-/m1/s1. The van der Waals surface area contributed by atoms with Gasteiger partial charge in [-0.3, -0.25) is 9.52 Å². The lowest BCUT2D eigenvalue weighted by molar-refractivity contribution is 0.0951. The summed E-state index contributed by atoms with van der Waals surface area (Å²) in [6, 6.07) is 21.1. The van der Waals surface area contributed by atoms with Crippen molar-refractivity contribution in [3.05, 3.63) is 94.5 Å². The molecule has 1 amide bonds. The van der Waals surface area contributed by atoms with Crippen LogP contribution in [0.2, 0.25) is 5.02 Å². The van der Waals surface area contributed by atoms with E-state index in [9.17, 15) is 13.2 Å². The number of nitrogens with one attached hydrogen (secondary N) is 2. The summed E-state index contributed by atoms with van der Waals surface area (Å²) in [5, 5.41) is 2.90. The molecule has 0 aliphatic rings. The van der Waals surface area contributed by atoms with Crippen molar-refractivity contribution in [3.8, 4) is 0 Å². The predicted molar refractivity (Wildman–Crippen MR) is 121 cm³/mol. The monoisotopic (exact) mass is 442 g/mol. The zero-order valence-electron chi connectivity index (χ0n) is 16.7. The molecule has 0 aliphatic carbocycles. The first-order chi connectivity index (χ1) is 14.3. The van der Waals surface area contributed by atoms with Gasteiger partial charge in [0.2, 0.25) is 0 Å². The Morgan fingerprint density at radius 2 is 1.67 bits per heavy atom. The van der Waals surface area contributed by atoms with Gasteiger partial charge in [-0.15, -0.1) is 0 Å². The quantitative estimate of drug-likeness (QED) is 0.541. The van der Waals surface area contributed by atoms with Crippen LogP contribution < -0.4 is 10.0 Å². The fourth-order valence-electron chi connectivity index (χ4n) is 2.98. The van der Waals surface area contributed by atoms with Crippen LogP contribution in [0.25, 0.3) is 0 Å².